The minimum atomic E-state index is -1.13. The molecule has 1 aliphatic rings. The van der Waals surface area contributed by atoms with Crippen molar-refractivity contribution in [3.8, 4) is 11.5 Å². The zero-order valence-corrected chi connectivity index (χ0v) is 15.8. The molecule has 1 aromatic rings. The highest BCUT2D eigenvalue weighted by atomic mass is 32.2. The molecular weight excluding hydrogens is 390 g/mol. The van der Waals surface area contributed by atoms with E-state index in [-0.39, 0.29) is 15.8 Å². The average molecular weight is 407 g/mol. The molecule has 2 rings (SSSR count). The summed E-state index contributed by atoms with van der Waals surface area (Å²) in [7, 11) is 1.20. The van der Waals surface area contributed by atoms with Gasteiger partial charge >= 0.3 is 11.9 Å². The van der Waals surface area contributed by atoms with Crippen molar-refractivity contribution in [3.05, 3.63) is 34.7 Å². The highest BCUT2D eigenvalue weighted by molar-refractivity contribution is 8.18. The third-order valence-corrected chi connectivity index (χ3v) is 4.00. The van der Waals surface area contributed by atoms with Gasteiger partial charge in [0, 0.05) is 11.6 Å². The molecule has 28 heavy (non-hydrogen) atoms. The van der Waals surface area contributed by atoms with Gasteiger partial charge in [-0.25, -0.2) is 9.59 Å². The van der Waals surface area contributed by atoms with Crippen LogP contribution in [0, 0.1) is 0 Å². The van der Waals surface area contributed by atoms with Gasteiger partial charge in [-0.3, -0.25) is 10.1 Å². The number of nitrogens with one attached hydrogen (secondary N) is 1. The summed E-state index contributed by atoms with van der Waals surface area (Å²) in [4.78, 5) is 33.9. The van der Waals surface area contributed by atoms with Crippen molar-refractivity contribution in [2.24, 2.45) is 10.2 Å². The summed E-state index contributed by atoms with van der Waals surface area (Å²) < 4.78 is 15.2. The maximum Gasteiger partial charge on any atom is 0.341 e. The number of esters is 1. The van der Waals surface area contributed by atoms with E-state index in [1.54, 1.807) is 25.1 Å². The second-order valence-electron chi connectivity index (χ2n) is 5.03. The molecule has 1 amide bonds. The first-order chi connectivity index (χ1) is 13.4. The lowest BCUT2D eigenvalue weighted by Crippen LogP contribution is -2.19. The number of aliphatic carboxylic acids is 1. The number of hydrogen-bond donors (Lipinski definition) is 2. The number of hydrogen-bond acceptors (Lipinski definition) is 9. The number of rotatable bonds is 8. The summed E-state index contributed by atoms with van der Waals surface area (Å²) >= 11 is 0.929. The summed E-state index contributed by atoms with van der Waals surface area (Å²) in [5.41, 5.74) is 0.441. The SMILES string of the molecule is CCOc1cccc(C=N/N=C2/NC(=O)/C(=C\C(=O)OC)S2)c1OCC(=O)O. The Morgan fingerprint density at radius 3 is 2.79 bits per heavy atom. The summed E-state index contributed by atoms with van der Waals surface area (Å²) in [6.45, 7) is 1.60. The molecule has 0 radical (unpaired) electrons. The Bertz CT molecular complexity index is 864. The van der Waals surface area contributed by atoms with Crippen molar-refractivity contribution in [3.63, 3.8) is 0 Å². The molecule has 1 fully saturated rings. The minimum Gasteiger partial charge on any atom is -0.490 e. The van der Waals surface area contributed by atoms with E-state index in [2.05, 4.69) is 20.3 Å². The van der Waals surface area contributed by atoms with Crippen molar-refractivity contribution < 1.29 is 33.7 Å². The zero-order chi connectivity index (χ0) is 20.5. The Kier molecular flexibility index (Phi) is 7.57. The fourth-order valence-electron chi connectivity index (χ4n) is 1.98. The Labute approximate surface area is 164 Å². The molecule has 1 saturated heterocycles. The predicted molar refractivity (Wildman–Crippen MR) is 102 cm³/mol. The van der Waals surface area contributed by atoms with E-state index in [9.17, 15) is 14.4 Å². The number of carboxylic acids is 1. The number of para-hydroxylation sites is 1. The highest BCUT2D eigenvalue weighted by Gasteiger charge is 2.25. The van der Waals surface area contributed by atoms with Crippen LogP contribution in [0.15, 0.2) is 39.4 Å². The topological polar surface area (TPSA) is 136 Å². The number of amidine groups is 1. The fraction of sp³-hybridized carbons (Fsp3) is 0.235. The standard InChI is InChI=1S/C17H17N3O7S/c1-3-26-11-6-4-5-10(15(11)27-9-13(21)22)8-18-20-17-19-16(24)12(28-17)7-14(23)25-2/h4-8H,3,9H2,1-2H3,(H,21,22)(H,19,20,24)/b12-7+,18-8?. The molecule has 1 heterocycles. The van der Waals surface area contributed by atoms with Crippen LogP contribution in [-0.4, -0.2) is 54.7 Å². The first-order valence-corrected chi connectivity index (χ1v) is 8.76. The Morgan fingerprint density at radius 1 is 1.32 bits per heavy atom. The van der Waals surface area contributed by atoms with E-state index < -0.39 is 24.5 Å². The predicted octanol–water partition coefficient (Wildman–Crippen LogP) is 1.16. The number of benzene rings is 1. The average Bonchev–Trinajstić information content (AvgIpc) is 3.00. The van der Waals surface area contributed by atoms with Gasteiger partial charge in [0.15, 0.2) is 23.3 Å². The van der Waals surface area contributed by atoms with Gasteiger partial charge in [-0.2, -0.15) is 5.10 Å². The van der Waals surface area contributed by atoms with Crippen LogP contribution in [0.4, 0.5) is 0 Å². The van der Waals surface area contributed by atoms with Crippen LogP contribution in [0.2, 0.25) is 0 Å². The monoisotopic (exact) mass is 407 g/mol. The summed E-state index contributed by atoms with van der Waals surface area (Å²) in [6, 6.07) is 4.98. The largest absolute Gasteiger partial charge is 0.490 e. The van der Waals surface area contributed by atoms with E-state index in [0.717, 1.165) is 17.8 Å². The number of nitrogens with zero attached hydrogens (tertiary/aromatic N) is 2. The summed E-state index contributed by atoms with van der Waals surface area (Å²) in [5, 5.41) is 19.2. The molecule has 0 aliphatic carbocycles. The number of carbonyl (C=O) groups is 3. The van der Waals surface area contributed by atoms with Gasteiger partial charge in [-0.1, -0.05) is 6.07 Å². The van der Waals surface area contributed by atoms with Gasteiger partial charge in [-0.15, -0.1) is 5.10 Å². The molecule has 0 bridgehead atoms. The number of carbonyl (C=O) groups excluding carboxylic acids is 2. The third-order valence-electron chi connectivity index (χ3n) is 3.10. The van der Waals surface area contributed by atoms with E-state index in [1.807, 2.05) is 0 Å². The number of methoxy groups -OCH3 is 1. The van der Waals surface area contributed by atoms with Gasteiger partial charge in [-0.05, 0) is 30.8 Å². The van der Waals surface area contributed by atoms with Gasteiger partial charge in [0.1, 0.15) is 0 Å². The Hall–Kier alpha value is -3.34. The van der Waals surface area contributed by atoms with Gasteiger partial charge in [0.2, 0.25) is 0 Å². The smallest absolute Gasteiger partial charge is 0.341 e. The van der Waals surface area contributed by atoms with Crippen molar-refractivity contribution in [1.82, 2.24) is 5.32 Å². The molecule has 148 valence electrons. The first kappa shape index (κ1) is 21.0. The third kappa shape index (κ3) is 5.84. The maximum absolute atomic E-state index is 11.8. The molecule has 2 N–H and O–H groups in total. The van der Waals surface area contributed by atoms with Crippen molar-refractivity contribution in [2.45, 2.75) is 6.92 Å². The van der Waals surface area contributed by atoms with Crippen LogP contribution in [0.25, 0.3) is 0 Å². The lowest BCUT2D eigenvalue weighted by Gasteiger charge is -2.12. The lowest BCUT2D eigenvalue weighted by molar-refractivity contribution is -0.139. The maximum atomic E-state index is 11.8. The van der Waals surface area contributed by atoms with Gasteiger partial charge in [0.25, 0.3) is 5.91 Å². The highest BCUT2D eigenvalue weighted by Crippen LogP contribution is 2.30. The zero-order valence-electron chi connectivity index (χ0n) is 15.0. The quantitative estimate of drug-likeness (QED) is 0.284. The van der Waals surface area contributed by atoms with Gasteiger partial charge in [0.05, 0.1) is 24.8 Å². The fourth-order valence-corrected chi connectivity index (χ4v) is 2.72. The second kappa shape index (κ2) is 10.1. The van der Waals surface area contributed by atoms with E-state index in [1.165, 1.54) is 13.3 Å². The van der Waals surface area contributed by atoms with Crippen LogP contribution in [-0.2, 0) is 19.1 Å². The summed E-state index contributed by atoms with van der Waals surface area (Å²) in [5.74, 6) is -1.70. The molecule has 0 aromatic heterocycles. The van der Waals surface area contributed by atoms with Crippen molar-refractivity contribution in [2.75, 3.05) is 20.3 Å². The number of carboxylic acid groups (broad SMARTS) is 1. The van der Waals surface area contributed by atoms with Crippen LogP contribution in [0.5, 0.6) is 11.5 Å². The molecule has 0 atom stereocenters. The van der Waals surface area contributed by atoms with Crippen molar-refractivity contribution >= 4 is 41.0 Å². The molecule has 11 heteroatoms. The first-order valence-electron chi connectivity index (χ1n) is 7.94. The number of ether oxygens (including phenoxy) is 3. The van der Waals surface area contributed by atoms with Crippen LogP contribution in [0.1, 0.15) is 12.5 Å². The van der Waals surface area contributed by atoms with Crippen LogP contribution in [0.3, 0.4) is 0 Å². The van der Waals surface area contributed by atoms with Gasteiger partial charge < -0.3 is 19.3 Å². The molecule has 10 nitrogen and oxygen atoms in total. The number of thioether (sulfide) groups is 1. The van der Waals surface area contributed by atoms with Crippen LogP contribution < -0.4 is 14.8 Å². The second-order valence-corrected chi connectivity index (χ2v) is 6.06. The Balaban J connectivity index is 2.19. The molecule has 1 aromatic carbocycles. The van der Waals surface area contributed by atoms with Crippen molar-refractivity contribution in [1.29, 1.82) is 0 Å². The van der Waals surface area contributed by atoms with E-state index in [4.69, 9.17) is 14.6 Å². The van der Waals surface area contributed by atoms with E-state index in [0.29, 0.717) is 17.9 Å². The molecule has 0 saturated carbocycles. The minimum absolute atomic E-state index is 0.129. The molecule has 0 spiro atoms. The Morgan fingerprint density at radius 2 is 2.11 bits per heavy atom. The lowest BCUT2D eigenvalue weighted by atomic mass is 10.2. The number of amides is 1. The van der Waals surface area contributed by atoms with Crippen LogP contribution >= 0.6 is 11.8 Å². The van der Waals surface area contributed by atoms with E-state index >= 15 is 0 Å². The summed E-state index contributed by atoms with van der Waals surface area (Å²) in [6.07, 6.45) is 2.39. The molecular formula is C17H17N3O7S. The molecule has 1 aliphatic heterocycles. The normalized spacial score (nSPS) is 16.4. The molecule has 0 unspecified atom stereocenters.